The van der Waals surface area contributed by atoms with Gasteiger partial charge in [0.25, 0.3) is 17.5 Å². The van der Waals surface area contributed by atoms with Crippen molar-refractivity contribution >= 4 is 55.3 Å². The fourth-order valence-electron chi connectivity index (χ4n) is 3.62. The summed E-state index contributed by atoms with van der Waals surface area (Å²) in [4.78, 5) is 37.5. The molecule has 4 rings (SSSR count). The lowest BCUT2D eigenvalue weighted by molar-refractivity contribution is -0.384. The highest BCUT2D eigenvalue weighted by atomic mass is 32.1. The number of anilines is 1. The van der Waals surface area contributed by atoms with E-state index in [1.807, 2.05) is 0 Å². The summed E-state index contributed by atoms with van der Waals surface area (Å²) in [5, 5.41) is 17.8. The van der Waals surface area contributed by atoms with Gasteiger partial charge in [-0.1, -0.05) is 6.92 Å². The van der Waals surface area contributed by atoms with E-state index in [4.69, 9.17) is 0 Å². The number of carbonyl (C=O) groups is 2. The third-order valence-electron chi connectivity index (χ3n) is 5.13. The summed E-state index contributed by atoms with van der Waals surface area (Å²) in [5.41, 5.74) is 1.59. The molecule has 0 spiro atoms. The van der Waals surface area contributed by atoms with Crippen LogP contribution in [-0.4, -0.2) is 23.8 Å². The molecule has 0 bridgehead atoms. The topological polar surface area (TPSA) is 101 Å². The highest BCUT2D eigenvalue weighted by Crippen LogP contribution is 2.40. The van der Waals surface area contributed by atoms with Crippen LogP contribution in [0.2, 0.25) is 0 Å². The summed E-state index contributed by atoms with van der Waals surface area (Å²) in [5.74, 6) is 0.0468. The molecule has 0 saturated carbocycles. The average molecular weight is 430 g/mol. The molecule has 1 aliphatic rings. The molecule has 150 valence electrons. The Balaban J connectivity index is 1.67. The highest BCUT2D eigenvalue weighted by Gasteiger charge is 2.28. The van der Waals surface area contributed by atoms with E-state index in [0.717, 1.165) is 34.4 Å². The first-order valence-corrected chi connectivity index (χ1v) is 10.9. The maximum Gasteiger partial charge on any atom is 0.270 e. The average Bonchev–Trinajstić information content (AvgIpc) is 3.27. The number of nitro groups is 1. The van der Waals surface area contributed by atoms with Gasteiger partial charge in [0, 0.05) is 34.1 Å². The molecular formula is C20H19N3O4S2. The van der Waals surface area contributed by atoms with Crippen molar-refractivity contribution < 1.29 is 14.5 Å². The molecule has 0 radical (unpaired) electrons. The molecule has 1 unspecified atom stereocenters. The number of hydrogen-bond donors (Lipinski definition) is 2. The Morgan fingerprint density at radius 1 is 1.21 bits per heavy atom. The Hall–Kier alpha value is -2.78. The zero-order chi connectivity index (χ0) is 20.7. The predicted molar refractivity (Wildman–Crippen MR) is 115 cm³/mol. The van der Waals surface area contributed by atoms with Crippen LogP contribution in [0.5, 0.6) is 0 Å². The highest BCUT2D eigenvalue weighted by molar-refractivity contribution is 7.21. The molecule has 2 heterocycles. The van der Waals surface area contributed by atoms with E-state index in [1.54, 1.807) is 19.2 Å². The number of non-ortho nitro benzene ring substituents is 1. The number of hydrogen-bond acceptors (Lipinski definition) is 6. The number of amides is 2. The molecule has 0 aliphatic heterocycles. The third kappa shape index (κ3) is 3.63. The Morgan fingerprint density at radius 3 is 2.72 bits per heavy atom. The minimum atomic E-state index is -0.455. The molecule has 7 nitrogen and oxygen atoms in total. The minimum absolute atomic E-state index is 0.00999. The van der Waals surface area contributed by atoms with Crippen LogP contribution in [0, 0.1) is 16.0 Å². The molecule has 29 heavy (non-hydrogen) atoms. The second-order valence-electron chi connectivity index (χ2n) is 7.18. The maximum atomic E-state index is 12.9. The Morgan fingerprint density at radius 2 is 2.00 bits per heavy atom. The number of fused-ring (bicyclic) bond motifs is 2. The van der Waals surface area contributed by atoms with Crippen molar-refractivity contribution in [2.45, 2.75) is 26.2 Å². The number of benzene rings is 1. The smallest absolute Gasteiger partial charge is 0.270 e. The molecule has 2 aromatic heterocycles. The summed E-state index contributed by atoms with van der Waals surface area (Å²) in [6, 6.07) is 6.19. The van der Waals surface area contributed by atoms with Gasteiger partial charge < -0.3 is 10.6 Å². The van der Waals surface area contributed by atoms with E-state index in [-0.39, 0.29) is 17.5 Å². The second kappa shape index (κ2) is 7.57. The van der Waals surface area contributed by atoms with Gasteiger partial charge in [0.1, 0.15) is 5.00 Å². The van der Waals surface area contributed by atoms with Crippen molar-refractivity contribution in [2.75, 3.05) is 12.4 Å². The van der Waals surface area contributed by atoms with Crippen LogP contribution in [-0.2, 0) is 12.8 Å². The normalized spacial score (nSPS) is 15.7. The van der Waals surface area contributed by atoms with Gasteiger partial charge in [-0.2, -0.15) is 0 Å². The Bertz CT molecular complexity index is 1150. The summed E-state index contributed by atoms with van der Waals surface area (Å²) in [6.45, 7) is 2.19. The minimum Gasteiger partial charge on any atom is -0.355 e. The van der Waals surface area contributed by atoms with Gasteiger partial charge in [-0.15, -0.1) is 22.7 Å². The zero-order valence-electron chi connectivity index (χ0n) is 15.9. The van der Waals surface area contributed by atoms with Crippen molar-refractivity contribution in [1.29, 1.82) is 0 Å². The first-order valence-electron chi connectivity index (χ1n) is 9.23. The SMILES string of the molecule is CNC(=O)c1c(NC(=O)c2cc3cc([N+](=O)[O-])ccc3s2)sc2c1CCC(C)C2. The van der Waals surface area contributed by atoms with Crippen LogP contribution in [0.4, 0.5) is 10.7 Å². The fraction of sp³-hybridized carbons (Fsp3) is 0.300. The quantitative estimate of drug-likeness (QED) is 0.467. The Kier molecular flexibility index (Phi) is 5.10. The number of thiophene rings is 2. The van der Waals surface area contributed by atoms with Gasteiger partial charge in [0.05, 0.1) is 15.4 Å². The molecule has 1 aromatic carbocycles. The van der Waals surface area contributed by atoms with Crippen molar-refractivity contribution in [3.05, 3.63) is 55.3 Å². The molecule has 1 aliphatic carbocycles. The van der Waals surface area contributed by atoms with E-state index < -0.39 is 4.92 Å². The molecule has 0 fully saturated rings. The molecule has 3 aromatic rings. The second-order valence-corrected chi connectivity index (χ2v) is 9.37. The van der Waals surface area contributed by atoms with Crippen molar-refractivity contribution in [1.82, 2.24) is 5.32 Å². The predicted octanol–water partition coefficient (Wildman–Crippen LogP) is 4.61. The van der Waals surface area contributed by atoms with Crippen LogP contribution in [0.3, 0.4) is 0 Å². The van der Waals surface area contributed by atoms with Crippen molar-refractivity contribution in [3.63, 3.8) is 0 Å². The van der Waals surface area contributed by atoms with Gasteiger partial charge in [-0.25, -0.2) is 0 Å². The van der Waals surface area contributed by atoms with E-state index in [2.05, 4.69) is 17.6 Å². The van der Waals surface area contributed by atoms with Crippen molar-refractivity contribution in [2.24, 2.45) is 5.92 Å². The summed E-state index contributed by atoms with van der Waals surface area (Å²) in [6.07, 6.45) is 2.76. The number of rotatable bonds is 4. The molecule has 9 heteroatoms. The summed E-state index contributed by atoms with van der Waals surface area (Å²) in [7, 11) is 1.59. The number of carbonyl (C=O) groups excluding carboxylic acids is 2. The number of nitrogens with zero attached hydrogens (tertiary/aromatic N) is 1. The summed E-state index contributed by atoms with van der Waals surface area (Å²) < 4.78 is 0.798. The van der Waals surface area contributed by atoms with Gasteiger partial charge in [0.15, 0.2) is 0 Å². The fourth-order valence-corrected chi connectivity index (χ4v) is 5.97. The standard InChI is InChI=1S/C20H19N3O4S2/c1-10-3-5-13-15(7-10)29-20(17(13)19(25)21-2)22-18(24)16-9-11-8-12(23(26)27)4-6-14(11)28-16/h4,6,8-10H,3,5,7H2,1-2H3,(H,21,25)(H,22,24). The molecular weight excluding hydrogens is 410 g/mol. The first kappa shape index (κ1) is 19.5. The molecule has 2 amide bonds. The van der Waals surface area contributed by atoms with E-state index in [0.29, 0.717) is 26.7 Å². The van der Waals surface area contributed by atoms with Gasteiger partial charge in [0.2, 0.25) is 0 Å². The largest absolute Gasteiger partial charge is 0.355 e. The van der Waals surface area contributed by atoms with Crippen LogP contribution in [0.15, 0.2) is 24.3 Å². The lowest BCUT2D eigenvalue weighted by Gasteiger charge is -2.18. The van der Waals surface area contributed by atoms with Gasteiger partial charge >= 0.3 is 0 Å². The monoisotopic (exact) mass is 429 g/mol. The lowest BCUT2D eigenvalue weighted by Crippen LogP contribution is -2.22. The number of nitrogens with one attached hydrogen (secondary N) is 2. The van der Waals surface area contributed by atoms with Gasteiger partial charge in [-0.3, -0.25) is 19.7 Å². The van der Waals surface area contributed by atoms with Crippen LogP contribution in [0.1, 0.15) is 43.8 Å². The van der Waals surface area contributed by atoms with Crippen LogP contribution >= 0.6 is 22.7 Å². The van der Waals surface area contributed by atoms with Crippen LogP contribution in [0.25, 0.3) is 10.1 Å². The molecule has 1 atom stereocenters. The maximum absolute atomic E-state index is 12.9. The molecule has 2 N–H and O–H groups in total. The van der Waals surface area contributed by atoms with E-state index >= 15 is 0 Å². The van der Waals surface area contributed by atoms with Crippen LogP contribution < -0.4 is 10.6 Å². The first-order chi connectivity index (χ1) is 13.9. The Labute approximate surface area is 174 Å². The number of nitro benzene ring substituents is 1. The third-order valence-corrected chi connectivity index (χ3v) is 7.41. The van der Waals surface area contributed by atoms with E-state index in [1.165, 1.54) is 34.8 Å². The molecule has 0 saturated heterocycles. The summed E-state index contributed by atoms with van der Waals surface area (Å²) >= 11 is 2.74. The van der Waals surface area contributed by atoms with Gasteiger partial charge in [-0.05, 0) is 42.9 Å². The zero-order valence-corrected chi connectivity index (χ0v) is 17.5. The lowest BCUT2D eigenvalue weighted by atomic mass is 9.88. The van der Waals surface area contributed by atoms with E-state index in [9.17, 15) is 19.7 Å². The van der Waals surface area contributed by atoms with Crippen molar-refractivity contribution in [3.8, 4) is 0 Å².